The predicted molar refractivity (Wildman–Crippen MR) is 130 cm³/mol. The molecule has 0 radical (unpaired) electrons. The van der Waals surface area contributed by atoms with Crippen LogP contribution in [0, 0.1) is 0 Å². The number of carbonyl (C=O) groups excluding carboxylic acids is 1. The summed E-state index contributed by atoms with van der Waals surface area (Å²) in [6.07, 6.45) is 7.13. The van der Waals surface area contributed by atoms with Crippen molar-refractivity contribution in [2.24, 2.45) is 5.73 Å². The molecule has 7 heteroatoms. The third kappa shape index (κ3) is 3.92. The van der Waals surface area contributed by atoms with Crippen LogP contribution in [-0.2, 0) is 22.1 Å². The number of ether oxygens (including phenoxy) is 2. The van der Waals surface area contributed by atoms with Crippen molar-refractivity contribution < 1.29 is 14.3 Å². The van der Waals surface area contributed by atoms with E-state index in [0.29, 0.717) is 17.9 Å². The molecule has 0 saturated heterocycles. The molecule has 1 saturated carbocycles. The molecular formula is C27H32N4O3. The number of nitrogens with zero attached hydrogens (tertiary/aromatic N) is 3. The van der Waals surface area contributed by atoms with Crippen LogP contribution >= 0.6 is 0 Å². The molecule has 0 bridgehead atoms. The van der Waals surface area contributed by atoms with E-state index in [1.54, 1.807) is 0 Å². The van der Waals surface area contributed by atoms with Gasteiger partial charge >= 0.3 is 5.97 Å². The van der Waals surface area contributed by atoms with Crippen molar-refractivity contribution in [3.8, 4) is 5.88 Å². The van der Waals surface area contributed by atoms with E-state index in [9.17, 15) is 4.79 Å². The predicted octanol–water partition coefficient (Wildman–Crippen LogP) is 4.58. The Kier molecular flexibility index (Phi) is 5.35. The van der Waals surface area contributed by atoms with Crippen molar-refractivity contribution >= 4 is 16.7 Å². The lowest BCUT2D eigenvalue weighted by Crippen LogP contribution is -2.42. The molecule has 0 aromatic carbocycles. The van der Waals surface area contributed by atoms with Gasteiger partial charge in [0.2, 0.25) is 5.88 Å². The molecule has 2 N–H and O–H groups in total. The van der Waals surface area contributed by atoms with Crippen molar-refractivity contribution in [3.63, 3.8) is 0 Å². The maximum Gasteiger partial charge on any atom is 0.340 e. The Bertz CT molecular complexity index is 1280. The highest BCUT2D eigenvalue weighted by Crippen LogP contribution is 2.37. The fourth-order valence-corrected chi connectivity index (χ4v) is 4.34. The number of rotatable bonds is 6. The van der Waals surface area contributed by atoms with Gasteiger partial charge in [0.1, 0.15) is 12.2 Å². The normalized spacial score (nSPS) is 21.0. The van der Waals surface area contributed by atoms with E-state index in [-0.39, 0.29) is 23.6 Å². The molecule has 1 aliphatic heterocycles. The number of nitrogens with two attached hydrogens (primary N) is 1. The van der Waals surface area contributed by atoms with Crippen molar-refractivity contribution in [2.45, 2.75) is 83.5 Å². The third-order valence-electron chi connectivity index (χ3n) is 7.39. The van der Waals surface area contributed by atoms with Gasteiger partial charge in [-0.05, 0) is 62.3 Å². The van der Waals surface area contributed by atoms with Crippen LogP contribution < -0.4 is 10.5 Å². The number of esters is 1. The van der Waals surface area contributed by atoms with Crippen molar-refractivity contribution in [2.75, 3.05) is 0 Å². The molecule has 2 atom stereocenters. The maximum absolute atomic E-state index is 12.4. The van der Waals surface area contributed by atoms with Crippen LogP contribution in [0.2, 0.25) is 0 Å². The molecule has 3 aromatic rings. The lowest BCUT2D eigenvalue weighted by Gasteiger charge is -2.36. The smallest absolute Gasteiger partial charge is 0.340 e. The highest BCUT2D eigenvalue weighted by Gasteiger charge is 2.41. The molecule has 34 heavy (non-hydrogen) atoms. The summed E-state index contributed by atoms with van der Waals surface area (Å²) in [6, 6.07) is 5.78. The summed E-state index contributed by atoms with van der Waals surface area (Å²) in [5.41, 5.74) is 9.78. The zero-order valence-corrected chi connectivity index (χ0v) is 20.5. The van der Waals surface area contributed by atoms with Gasteiger partial charge in [-0.25, -0.2) is 9.78 Å². The van der Waals surface area contributed by atoms with E-state index in [1.807, 2.05) is 38.4 Å². The van der Waals surface area contributed by atoms with E-state index in [1.165, 1.54) is 0 Å². The van der Waals surface area contributed by atoms with Gasteiger partial charge in [-0.1, -0.05) is 20.8 Å². The molecule has 178 valence electrons. The number of cyclic esters (lactones) is 1. The van der Waals surface area contributed by atoms with Gasteiger partial charge in [0.05, 0.1) is 16.6 Å². The Hall–Kier alpha value is -3.06. The van der Waals surface area contributed by atoms with Gasteiger partial charge in [0.25, 0.3) is 0 Å². The standard InChI is InChI=1S/C27H32N4O3/c1-6-27(5,28)22-14-30-24(34-18-8-9-18)21-13-29-17(12-20(21)22)11-16-7-10-19-23(31-16)26(3,4)15(2)33-25(19)32/h7,10,12-15,18H,6,8-9,11,28H2,1-5H3/t15-,27+/m1/s1. The molecule has 5 rings (SSSR count). The number of hydrogen-bond donors (Lipinski definition) is 1. The SMILES string of the molecule is CC[C@](C)(N)c1cnc(OC2CC2)c2cnc(Cc3ccc4c(n3)C(C)(C)[C@@H](C)OC4=O)cc12. The lowest BCUT2D eigenvalue weighted by atomic mass is 9.79. The Balaban J connectivity index is 1.55. The zero-order valence-electron chi connectivity index (χ0n) is 20.5. The van der Waals surface area contributed by atoms with Gasteiger partial charge < -0.3 is 15.2 Å². The number of hydrogen-bond acceptors (Lipinski definition) is 7. The summed E-state index contributed by atoms with van der Waals surface area (Å²) in [5, 5.41) is 1.90. The molecule has 3 aromatic heterocycles. The fraction of sp³-hybridized carbons (Fsp3) is 0.481. The molecule has 0 amide bonds. The molecule has 7 nitrogen and oxygen atoms in total. The lowest BCUT2D eigenvalue weighted by molar-refractivity contribution is 0.00855. The van der Waals surface area contributed by atoms with E-state index >= 15 is 0 Å². The summed E-state index contributed by atoms with van der Waals surface area (Å²) in [5.74, 6) is 0.306. The van der Waals surface area contributed by atoms with Gasteiger partial charge in [-0.15, -0.1) is 0 Å². The second-order valence-corrected chi connectivity index (χ2v) is 10.4. The van der Waals surface area contributed by atoms with Crippen LogP contribution in [0.15, 0.2) is 30.6 Å². The first-order valence-electron chi connectivity index (χ1n) is 12.0. The molecule has 1 aliphatic carbocycles. The van der Waals surface area contributed by atoms with Gasteiger partial charge in [-0.3, -0.25) is 9.97 Å². The molecular weight excluding hydrogens is 428 g/mol. The first kappa shape index (κ1) is 22.7. The Morgan fingerprint density at radius 1 is 1.18 bits per heavy atom. The largest absolute Gasteiger partial charge is 0.474 e. The average Bonchev–Trinajstić information content (AvgIpc) is 3.62. The summed E-state index contributed by atoms with van der Waals surface area (Å²) < 4.78 is 11.6. The Labute approximate surface area is 200 Å². The molecule has 1 fully saturated rings. The Morgan fingerprint density at radius 3 is 2.65 bits per heavy atom. The van der Waals surface area contributed by atoms with Crippen molar-refractivity contribution in [1.29, 1.82) is 0 Å². The van der Waals surface area contributed by atoms with E-state index in [4.69, 9.17) is 25.2 Å². The topological polar surface area (TPSA) is 100 Å². The van der Waals surface area contributed by atoms with Crippen LogP contribution in [0.25, 0.3) is 10.8 Å². The monoisotopic (exact) mass is 460 g/mol. The quantitative estimate of drug-likeness (QED) is 0.538. The molecule has 2 aliphatic rings. The van der Waals surface area contributed by atoms with Crippen molar-refractivity contribution in [1.82, 2.24) is 15.0 Å². The first-order chi connectivity index (χ1) is 16.1. The second kappa shape index (κ2) is 8.01. The van der Waals surface area contributed by atoms with Crippen LogP contribution in [0.1, 0.15) is 86.9 Å². The molecule has 4 heterocycles. The second-order valence-electron chi connectivity index (χ2n) is 10.4. The van der Waals surface area contributed by atoms with Gasteiger partial charge in [0.15, 0.2) is 0 Å². The highest BCUT2D eigenvalue weighted by molar-refractivity contribution is 5.92. The highest BCUT2D eigenvalue weighted by atomic mass is 16.5. The van der Waals surface area contributed by atoms with Crippen molar-refractivity contribution in [3.05, 3.63) is 58.8 Å². The fourth-order valence-electron chi connectivity index (χ4n) is 4.34. The average molecular weight is 461 g/mol. The minimum absolute atomic E-state index is 0.244. The Morgan fingerprint density at radius 2 is 1.94 bits per heavy atom. The summed E-state index contributed by atoms with van der Waals surface area (Å²) >= 11 is 0. The number of aromatic nitrogens is 3. The van der Waals surface area contributed by atoms with E-state index < -0.39 is 5.54 Å². The number of fused-ring (bicyclic) bond motifs is 2. The van der Waals surface area contributed by atoms with Crippen LogP contribution in [0.3, 0.4) is 0 Å². The molecule has 0 unspecified atom stereocenters. The minimum atomic E-state index is -0.521. The summed E-state index contributed by atoms with van der Waals surface area (Å²) in [4.78, 5) is 26.6. The third-order valence-corrected chi connectivity index (χ3v) is 7.39. The summed E-state index contributed by atoms with van der Waals surface area (Å²) in [6.45, 7) is 10.1. The number of carbonyl (C=O) groups is 1. The molecule has 0 spiro atoms. The van der Waals surface area contributed by atoms with Gasteiger partial charge in [0, 0.05) is 41.2 Å². The van der Waals surface area contributed by atoms with Crippen LogP contribution in [0.5, 0.6) is 5.88 Å². The maximum atomic E-state index is 12.4. The van der Waals surface area contributed by atoms with E-state index in [0.717, 1.165) is 52.7 Å². The van der Waals surface area contributed by atoms with Crippen LogP contribution in [0.4, 0.5) is 0 Å². The van der Waals surface area contributed by atoms with Crippen LogP contribution in [-0.4, -0.2) is 33.1 Å². The van der Waals surface area contributed by atoms with E-state index in [2.05, 4.69) is 31.8 Å². The minimum Gasteiger partial charge on any atom is -0.474 e. The number of pyridine rings is 3. The van der Waals surface area contributed by atoms with Gasteiger partial charge in [-0.2, -0.15) is 0 Å². The summed E-state index contributed by atoms with van der Waals surface area (Å²) in [7, 11) is 0. The zero-order chi connectivity index (χ0) is 24.3. The first-order valence-corrected chi connectivity index (χ1v) is 12.0.